The van der Waals surface area contributed by atoms with Crippen molar-refractivity contribution < 1.29 is 8.42 Å². The first-order chi connectivity index (χ1) is 6.02. The first-order valence-electron chi connectivity index (χ1n) is 4.92. The first kappa shape index (κ1) is 12.9. The Hall–Kier alpha value is -0.0900. The summed E-state index contributed by atoms with van der Waals surface area (Å²) in [7, 11) is -2.85. The number of sulfone groups is 1. The zero-order chi connectivity index (χ0) is 10.3. The lowest BCUT2D eigenvalue weighted by molar-refractivity contribution is 0.544. The molecule has 0 saturated heterocycles. The summed E-state index contributed by atoms with van der Waals surface area (Å²) in [5.41, 5.74) is 5.26. The molecule has 0 amide bonds. The van der Waals surface area contributed by atoms with Gasteiger partial charge in [0.2, 0.25) is 0 Å². The van der Waals surface area contributed by atoms with Crippen molar-refractivity contribution in [3.8, 4) is 0 Å². The van der Waals surface area contributed by atoms with Gasteiger partial charge in [-0.1, -0.05) is 26.7 Å². The maximum Gasteiger partial charge on any atom is 0.150 e. The van der Waals surface area contributed by atoms with E-state index in [0.717, 1.165) is 12.8 Å². The lowest BCUT2D eigenvalue weighted by Gasteiger charge is -2.09. The Labute approximate surface area is 81.6 Å². The molecule has 0 saturated carbocycles. The highest BCUT2D eigenvalue weighted by atomic mass is 32.2. The molecule has 0 aromatic heterocycles. The van der Waals surface area contributed by atoms with Crippen LogP contribution in [-0.2, 0) is 9.84 Å². The SMILES string of the molecule is CCCC(C)CS(=O)(=O)CCCN. The van der Waals surface area contributed by atoms with Crippen molar-refractivity contribution in [1.29, 1.82) is 0 Å². The largest absolute Gasteiger partial charge is 0.330 e. The molecular weight excluding hydrogens is 186 g/mol. The molecule has 0 bridgehead atoms. The van der Waals surface area contributed by atoms with E-state index in [4.69, 9.17) is 5.73 Å². The van der Waals surface area contributed by atoms with Gasteiger partial charge in [0.15, 0.2) is 9.84 Å². The van der Waals surface area contributed by atoms with E-state index >= 15 is 0 Å². The lowest BCUT2D eigenvalue weighted by atomic mass is 10.1. The second-order valence-electron chi connectivity index (χ2n) is 3.65. The van der Waals surface area contributed by atoms with Crippen LogP contribution in [-0.4, -0.2) is 26.5 Å². The van der Waals surface area contributed by atoms with Gasteiger partial charge in [-0.3, -0.25) is 0 Å². The second kappa shape index (κ2) is 6.38. The zero-order valence-electron chi connectivity index (χ0n) is 8.62. The third-order valence-corrected chi connectivity index (χ3v) is 3.97. The highest BCUT2D eigenvalue weighted by Gasteiger charge is 2.14. The van der Waals surface area contributed by atoms with Crippen LogP contribution in [0.25, 0.3) is 0 Å². The molecule has 2 N–H and O–H groups in total. The topological polar surface area (TPSA) is 60.2 Å². The van der Waals surface area contributed by atoms with E-state index in [2.05, 4.69) is 6.92 Å². The molecule has 13 heavy (non-hydrogen) atoms. The van der Waals surface area contributed by atoms with Gasteiger partial charge in [-0.05, 0) is 18.9 Å². The summed E-state index contributed by atoms with van der Waals surface area (Å²) in [5.74, 6) is 0.853. The van der Waals surface area contributed by atoms with E-state index in [1.165, 1.54) is 0 Å². The van der Waals surface area contributed by atoms with E-state index in [1.54, 1.807) is 0 Å². The maximum absolute atomic E-state index is 11.4. The van der Waals surface area contributed by atoms with Crippen LogP contribution in [0, 0.1) is 5.92 Å². The third-order valence-electron chi connectivity index (χ3n) is 1.98. The second-order valence-corrected chi connectivity index (χ2v) is 5.88. The molecule has 1 unspecified atom stereocenters. The van der Waals surface area contributed by atoms with Gasteiger partial charge < -0.3 is 5.73 Å². The van der Waals surface area contributed by atoms with Crippen LogP contribution >= 0.6 is 0 Å². The summed E-state index contributed by atoms with van der Waals surface area (Å²) in [6, 6.07) is 0. The Bertz CT molecular complexity index is 212. The van der Waals surface area contributed by atoms with Crippen molar-refractivity contribution in [2.24, 2.45) is 11.7 Å². The summed E-state index contributed by atoms with van der Waals surface area (Å²) in [6.07, 6.45) is 2.62. The van der Waals surface area contributed by atoms with E-state index in [0.29, 0.717) is 18.7 Å². The molecule has 0 radical (unpaired) electrons. The Morgan fingerprint density at radius 3 is 2.46 bits per heavy atom. The molecule has 0 aliphatic rings. The molecule has 0 aromatic carbocycles. The van der Waals surface area contributed by atoms with Gasteiger partial charge in [0.25, 0.3) is 0 Å². The van der Waals surface area contributed by atoms with Crippen molar-refractivity contribution in [3.05, 3.63) is 0 Å². The number of hydrogen-bond acceptors (Lipinski definition) is 3. The first-order valence-corrected chi connectivity index (χ1v) is 6.74. The fourth-order valence-electron chi connectivity index (χ4n) is 1.40. The predicted octanol–water partition coefficient (Wildman–Crippen LogP) is 1.19. The predicted molar refractivity (Wildman–Crippen MR) is 56.4 cm³/mol. The van der Waals surface area contributed by atoms with Crippen molar-refractivity contribution in [3.63, 3.8) is 0 Å². The molecule has 1 atom stereocenters. The fraction of sp³-hybridized carbons (Fsp3) is 1.00. The van der Waals surface area contributed by atoms with Crippen LogP contribution in [0.3, 0.4) is 0 Å². The molecular formula is C9H21NO2S. The molecule has 0 aliphatic heterocycles. The van der Waals surface area contributed by atoms with Gasteiger partial charge in [-0.2, -0.15) is 0 Å². The smallest absolute Gasteiger partial charge is 0.150 e. The molecule has 80 valence electrons. The molecule has 0 fully saturated rings. The van der Waals surface area contributed by atoms with E-state index in [-0.39, 0.29) is 11.7 Å². The number of hydrogen-bond donors (Lipinski definition) is 1. The molecule has 0 rings (SSSR count). The van der Waals surface area contributed by atoms with Gasteiger partial charge in [-0.15, -0.1) is 0 Å². The summed E-state index contributed by atoms with van der Waals surface area (Å²) in [5, 5.41) is 0. The van der Waals surface area contributed by atoms with Crippen LogP contribution in [0.4, 0.5) is 0 Å². The van der Waals surface area contributed by atoms with E-state index in [9.17, 15) is 8.42 Å². The molecule has 0 heterocycles. The highest BCUT2D eigenvalue weighted by Crippen LogP contribution is 2.09. The van der Waals surface area contributed by atoms with Crippen molar-refractivity contribution in [2.75, 3.05) is 18.1 Å². The van der Waals surface area contributed by atoms with Crippen molar-refractivity contribution in [1.82, 2.24) is 0 Å². The van der Waals surface area contributed by atoms with Gasteiger partial charge in [0.1, 0.15) is 0 Å². The van der Waals surface area contributed by atoms with Crippen LogP contribution in [0.5, 0.6) is 0 Å². The lowest BCUT2D eigenvalue weighted by Crippen LogP contribution is -2.18. The van der Waals surface area contributed by atoms with Gasteiger partial charge in [-0.25, -0.2) is 8.42 Å². The minimum absolute atomic E-state index is 0.248. The Kier molecular flexibility index (Phi) is 6.33. The van der Waals surface area contributed by atoms with Gasteiger partial charge in [0, 0.05) is 0 Å². The van der Waals surface area contributed by atoms with Crippen LogP contribution in [0.15, 0.2) is 0 Å². The standard InChI is InChI=1S/C9H21NO2S/c1-3-5-9(2)8-13(11,12)7-4-6-10/h9H,3-8,10H2,1-2H3. The molecule has 0 spiro atoms. The summed E-state index contributed by atoms with van der Waals surface area (Å²) >= 11 is 0. The van der Waals surface area contributed by atoms with Crippen LogP contribution in [0.1, 0.15) is 33.1 Å². The molecule has 4 heteroatoms. The van der Waals surface area contributed by atoms with Gasteiger partial charge >= 0.3 is 0 Å². The zero-order valence-corrected chi connectivity index (χ0v) is 9.44. The minimum Gasteiger partial charge on any atom is -0.330 e. The van der Waals surface area contributed by atoms with Crippen LogP contribution < -0.4 is 5.73 Å². The Morgan fingerprint density at radius 2 is 2.00 bits per heavy atom. The Balaban J connectivity index is 3.87. The summed E-state index contributed by atoms with van der Waals surface area (Å²) < 4.78 is 22.8. The minimum atomic E-state index is -2.85. The summed E-state index contributed by atoms with van der Waals surface area (Å²) in [4.78, 5) is 0. The Morgan fingerprint density at radius 1 is 1.38 bits per heavy atom. The number of rotatable bonds is 7. The number of nitrogens with two attached hydrogens (primary N) is 1. The van der Waals surface area contributed by atoms with E-state index < -0.39 is 9.84 Å². The van der Waals surface area contributed by atoms with Gasteiger partial charge in [0.05, 0.1) is 11.5 Å². The van der Waals surface area contributed by atoms with E-state index in [1.807, 2.05) is 6.92 Å². The van der Waals surface area contributed by atoms with Crippen molar-refractivity contribution >= 4 is 9.84 Å². The highest BCUT2D eigenvalue weighted by molar-refractivity contribution is 7.91. The van der Waals surface area contributed by atoms with Crippen molar-refractivity contribution in [2.45, 2.75) is 33.1 Å². The maximum atomic E-state index is 11.4. The average Bonchev–Trinajstić information content (AvgIpc) is 2.00. The quantitative estimate of drug-likeness (QED) is 0.682. The normalized spacial score (nSPS) is 14.4. The molecule has 0 aliphatic carbocycles. The summed E-state index contributed by atoms with van der Waals surface area (Å²) in [6.45, 7) is 4.52. The van der Waals surface area contributed by atoms with Crippen LogP contribution in [0.2, 0.25) is 0 Å². The third kappa shape index (κ3) is 7.02. The molecule has 0 aromatic rings. The monoisotopic (exact) mass is 207 g/mol. The average molecular weight is 207 g/mol. The fourth-order valence-corrected chi connectivity index (χ4v) is 3.20. The molecule has 3 nitrogen and oxygen atoms in total.